The third kappa shape index (κ3) is 2.93. The second kappa shape index (κ2) is 6.66. The maximum atomic E-state index is 13.0. The number of thiophene rings is 1. The number of nitrogens with zero attached hydrogens (tertiary/aromatic N) is 1. The Bertz CT molecular complexity index is 532. The average molecular weight is 325 g/mol. The third-order valence-corrected chi connectivity index (χ3v) is 5.41. The van der Waals surface area contributed by atoms with Crippen LogP contribution in [0.25, 0.3) is 0 Å². The van der Waals surface area contributed by atoms with E-state index >= 15 is 0 Å². The van der Waals surface area contributed by atoms with Crippen LogP contribution >= 0.6 is 11.3 Å². The van der Waals surface area contributed by atoms with Gasteiger partial charge in [0.1, 0.15) is 0 Å². The Morgan fingerprint density at radius 3 is 3.14 bits per heavy atom. The van der Waals surface area contributed by atoms with E-state index < -0.39 is 0 Å². The lowest BCUT2D eigenvalue weighted by molar-refractivity contribution is -0.0557. The molecule has 5 nitrogen and oxygen atoms in total. The molecule has 2 aliphatic heterocycles. The van der Waals surface area contributed by atoms with Crippen molar-refractivity contribution < 1.29 is 19.0 Å². The highest BCUT2D eigenvalue weighted by atomic mass is 32.1. The van der Waals surface area contributed by atoms with E-state index in [0.717, 1.165) is 16.9 Å². The van der Waals surface area contributed by atoms with Crippen LogP contribution in [-0.2, 0) is 14.2 Å². The lowest BCUT2D eigenvalue weighted by Crippen LogP contribution is -2.59. The molecule has 2 saturated heterocycles. The number of morpholine rings is 1. The maximum absolute atomic E-state index is 13.0. The molecule has 3 heterocycles. The minimum atomic E-state index is -0.340. The molecular weight excluding hydrogens is 302 g/mol. The summed E-state index contributed by atoms with van der Waals surface area (Å²) < 4.78 is 17.0. The van der Waals surface area contributed by atoms with Crippen molar-refractivity contribution in [3.8, 4) is 0 Å². The summed E-state index contributed by atoms with van der Waals surface area (Å²) in [6.07, 6.45) is 0.824. The van der Waals surface area contributed by atoms with Crippen LogP contribution < -0.4 is 0 Å². The molecule has 3 rings (SSSR count). The van der Waals surface area contributed by atoms with Gasteiger partial charge in [-0.05, 0) is 30.9 Å². The topological polar surface area (TPSA) is 48.0 Å². The summed E-state index contributed by atoms with van der Waals surface area (Å²) in [5.74, 6) is 0.108. The molecule has 0 N–H and O–H groups in total. The van der Waals surface area contributed by atoms with Crippen molar-refractivity contribution in [3.05, 3.63) is 21.9 Å². The van der Waals surface area contributed by atoms with Crippen LogP contribution in [0.2, 0.25) is 0 Å². The van der Waals surface area contributed by atoms with Gasteiger partial charge in [0.15, 0.2) is 0 Å². The Morgan fingerprint density at radius 2 is 2.41 bits per heavy atom. The van der Waals surface area contributed by atoms with Crippen LogP contribution in [0.4, 0.5) is 0 Å². The lowest BCUT2D eigenvalue weighted by atomic mass is 9.93. The Morgan fingerprint density at radius 1 is 1.55 bits per heavy atom. The quantitative estimate of drug-likeness (QED) is 0.850. The molecular formula is C16H23NO4S. The van der Waals surface area contributed by atoms with Gasteiger partial charge in [-0.1, -0.05) is 0 Å². The molecule has 122 valence electrons. The van der Waals surface area contributed by atoms with Crippen LogP contribution in [0, 0.1) is 6.92 Å². The standard InChI is InChI=1S/C16H23NO4S/c1-3-19-9-13-8-16(11-21-13)10-20-6-5-17(16)15(18)14-12(2)4-7-22-14/h4,7,13H,3,5-6,8-11H2,1-2H3/t13-,16-/m1/s1. The minimum Gasteiger partial charge on any atom is -0.379 e. The second-order valence-corrected chi connectivity index (χ2v) is 6.88. The van der Waals surface area contributed by atoms with Crippen molar-refractivity contribution in [1.29, 1.82) is 0 Å². The van der Waals surface area contributed by atoms with Crippen molar-refractivity contribution in [2.45, 2.75) is 31.9 Å². The molecule has 2 atom stereocenters. The Labute approximate surface area is 135 Å². The number of rotatable bonds is 4. The number of aryl methyl sites for hydroxylation is 1. The number of carbonyl (C=O) groups is 1. The summed E-state index contributed by atoms with van der Waals surface area (Å²) in [4.78, 5) is 15.8. The molecule has 0 radical (unpaired) electrons. The SMILES string of the molecule is CCOC[C@H]1C[C@@]2(COCCN2C(=O)c2sccc2C)CO1. The molecule has 1 amide bonds. The van der Waals surface area contributed by atoms with Crippen molar-refractivity contribution in [3.63, 3.8) is 0 Å². The van der Waals surface area contributed by atoms with Gasteiger partial charge in [0, 0.05) is 19.6 Å². The fraction of sp³-hybridized carbons (Fsp3) is 0.688. The van der Waals surface area contributed by atoms with Crippen molar-refractivity contribution in [1.82, 2.24) is 4.90 Å². The average Bonchev–Trinajstić information content (AvgIpc) is 3.12. The number of hydrogen-bond donors (Lipinski definition) is 0. The van der Waals surface area contributed by atoms with E-state index in [1.165, 1.54) is 11.3 Å². The van der Waals surface area contributed by atoms with Gasteiger partial charge >= 0.3 is 0 Å². The van der Waals surface area contributed by atoms with Crippen LogP contribution in [0.15, 0.2) is 11.4 Å². The molecule has 1 spiro atoms. The molecule has 2 aliphatic rings. The predicted molar refractivity (Wildman–Crippen MR) is 84.5 cm³/mol. The molecule has 0 aromatic carbocycles. The summed E-state index contributed by atoms with van der Waals surface area (Å²) >= 11 is 1.51. The van der Waals surface area contributed by atoms with E-state index in [4.69, 9.17) is 14.2 Å². The first-order valence-corrected chi connectivity index (χ1v) is 8.67. The van der Waals surface area contributed by atoms with E-state index in [1.54, 1.807) is 0 Å². The Hall–Kier alpha value is -0.950. The Kier molecular flexibility index (Phi) is 4.82. The fourth-order valence-electron chi connectivity index (χ4n) is 3.22. The smallest absolute Gasteiger partial charge is 0.264 e. The van der Waals surface area contributed by atoms with E-state index in [-0.39, 0.29) is 17.6 Å². The van der Waals surface area contributed by atoms with Gasteiger partial charge in [-0.2, -0.15) is 0 Å². The van der Waals surface area contributed by atoms with Crippen LogP contribution in [0.1, 0.15) is 28.6 Å². The zero-order valence-electron chi connectivity index (χ0n) is 13.2. The van der Waals surface area contributed by atoms with Crippen molar-refractivity contribution >= 4 is 17.2 Å². The van der Waals surface area contributed by atoms with Gasteiger partial charge in [0.2, 0.25) is 0 Å². The van der Waals surface area contributed by atoms with E-state index in [0.29, 0.717) is 39.6 Å². The molecule has 0 bridgehead atoms. The van der Waals surface area contributed by atoms with Crippen LogP contribution in [0.3, 0.4) is 0 Å². The van der Waals surface area contributed by atoms with Gasteiger partial charge < -0.3 is 19.1 Å². The zero-order chi connectivity index (χ0) is 15.6. The molecule has 0 aliphatic carbocycles. The van der Waals surface area contributed by atoms with Crippen molar-refractivity contribution in [2.75, 3.05) is 39.6 Å². The highest BCUT2D eigenvalue weighted by Crippen LogP contribution is 2.35. The van der Waals surface area contributed by atoms with Crippen LogP contribution in [-0.4, -0.2) is 62.0 Å². The Balaban J connectivity index is 1.77. The molecule has 22 heavy (non-hydrogen) atoms. The summed E-state index contributed by atoms with van der Waals surface area (Å²) in [6, 6.07) is 1.99. The third-order valence-electron chi connectivity index (χ3n) is 4.41. The second-order valence-electron chi connectivity index (χ2n) is 5.96. The minimum absolute atomic E-state index is 0.0429. The highest BCUT2D eigenvalue weighted by molar-refractivity contribution is 7.12. The first-order valence-electron chi connectivity index (χ1n) is 7.79. The predicted octanol–water partition coefficient (Wildman–Crippen LogP) is 2.09. The first kappa shape index (κ1) is 15.9. The summed E-state index contributed by atoms with van der Waals surface area (Å²) in [7, 11) is 0. The van der Waals surface area contributed by atoms with Gasteiger partial charge in [-0.25, -0.2) is 0 Å². The highest BCUT2D eigenvalue weighted by Gasteiger charge is 2.49. The summed E-state index contributed by atoms with van der Waals surface area (Å²) in [5, 5.41) is 1.97. The van der Waals surface area contributed by atoms with E-state index in [2.05, 4.69) is 0 Å². The molecule has 2 fully saturated rings. The van der Waals surface area contributed by atoms with E-state index in [9.17, 15) is 4.79 Å². The van der Waals surface area contributed by atoms with Crippen molar-refractivity contribution in [2.24, 2.45) is 0 Å². The lowest BCUT2D eigenvalue weighted by Gasteiger charge is -2.43. The van der Waals surface area contributed by atoms with Gasteiger partial charge in [-0.3, -0.25) is 4.79 Å². The number of amides is 1. The fourth-order valence-corrected chi connectivity index (χ4v) is 4.10. The molecule has 0 saturated carbocycles. The number of hydrogen-bond acceptors (Lipinski definition) is 5. The van der Waals surface area contributed by atoms with Crippen LogP contribution in [0.5, 0.6) is 0 Å². The van der Waals surface area contributed by atoms with Gasteiger partial charge in [0.25, 0.3) is 5.91 Å². The van der Waals surface area contributed by atoms with Gasteiger partial charge in [-0.15, -0.1) is 11.3 Å². The normalized spacial score (nSPS) is 28.5. The monoisotopic (exact) mass is 325 g/mol. The molecule has 1 aromatic rings. The van der Waals surface area contributed by atoms with E-state index in [1.807, 2.05) is 30.2 Å². The number of ether oxygens (including phenoxy) is 3. The maximum Gasteiger partial charge on any atom is 0.264 e. The summed E-state index contributed by atoms with van der Waals surface area (Å²) in [5.41, 5.74) is 0.703. The number of carbonyl (C=O) groups excluding carboxylic acids is 1. The van der Waals surface area contributed by atoms with Gasteiger partial charge in [0.05, 0.1) is 42.9 Å². The molecule has 0 unspecified atom stereocenters. The largest absolute Gasteiger partial charge is 0.379 e. The first-order chi connectivity index (χ1) is 10.7. The summed E-state index contributed by atoms with van der Waals surface area (Å²) in [6.45, 7) is 7.52. The molecule has 6 heteroatoms. The molecule has 1 aromatic heterocycles. The zero-order valence-corrected chi connectivity index (χ0v) is 14.0.